The third-order valence-electron chi connectivity index (χ3n) is 2.52. The first-order valence-corrected chi connectivity index (χ1v) is 7.59. The number of carbonyl (C=O) groups is 1. The number of nitrogens with two attached hydrogens (primary N) is 1. The highest BCUT2D eigenvalue weighted by atomic mass is 32.2. The van der Waals surface area contributed by atoms with Crippen molar-refractivity contribution in [2.45, 2.75) is 18.2 Å². The summed E-state index contributed by atoms with van der Waals surface area (Å²) in [6, 6.07) is 4.30. The zero-order chi connectivity index (χ0) is 15.2. The maximum absolute atomic E-state index is 12.0. The van der Waals surface area contributed by atoms with Crippen molar-refractivity contribution in [3.8, 4) is 5.75 Å². The molecule has 0 aliphatic rings. The zero-order valence-corrected chi connectivity index (χ0v) is 12.3. The number of anilines is 1. The Bertz CT molecular complexity index is 572. The molecule has 1 rings (SSSR count). The van der Waals surface area contributed by atoms with E-state index < -0.39 is 10.0 Å². The zero-order valence-electron chi connectivity index (χ0n) is 11.5. The Balaban J connectivity index is 2.72. The minimum absolute atomic E-state index is 0.0135. The third-order valence-corrected chi connectivity index (χ3v) is 4.06. The molecule has 0 saturated carbocycles. The Labute approximate surface area is 118 Å². The third kappa shape index (κ3) is 4.39. The van der Waals surface area contributed by atoms with Crippen LogP contribution in [-0.4, -0.2) is 34.5 Å². The lowest BCUT2D eigenvalue weighted by Gasteiger charge is -2.10. The molecule has 1 amide bonds. The molecule has 0 radical (unpaired) electrons. The van der Waals surface area contributed by atoms with E-state index in [9.17, 15) is 13.2 Å². The maximum atomic E-state index is 12.0. The summed E-state index contributed by atoms with van der Waals surface area (Å²) in [6.45, 7) is 2.32. The Hall–Kier alpha value is -1.80. The number of nitrogens with one attached hydrogen (secondary N) is 2. The van der Waals surface area contributed by atoms with Crippen LogP contribution in [0.1, 0.15) is 13.3 Å². The van der Waals surface area contributed by atoms with Crippen LogP contribution < -0.4 is 20.5 Å². The largest absolute Gasteiger partial charge is 0.497 e. The normalized spacial score (nSPS) is 11.1. The van der Waals surface area contributed by atoms with Crippen LogP contribution in [0.4, 0.5) is 5.69 Å². The van der Waals surface area contributed by atoms with E-state index in [1.807, 2.05) is 0 Å². The summed E-state index contributed by atoms with van der Waals surface area (Å²) in [4.78, 5) is 11.2. The number of hydrogen-bond donors (Lipinski definition) is 3. The van der Waals surface area contributed by atoms with E-state index in [0.29, 0.717) is 12.3 Å². The topological polar surface area (TPSA) is 111 Å². The van der Waals surface area contributed by atoms with E-state index in [4.69, 9.17) is 10.5 Å². The molecule has 0 aromatic heterocycles. The van der Waals surface area contributed by atoms with Crippen molar-refractivity contribution >= 4 is 21.6 Å². The molecule has 0 bridgehead atoms. The number of sulfonamides is 1. The average Bonchev–Trinajstić information content (AvgIpc) is 2.38. The van der Waals surface area contributed by atoms with Crippen LogP contribution in [0.15, 0.2) is 23.1 Å². The molecular formula is C12H19N3O4S. The van der Waals surface area contributed by atoms with Gasteiger partial charge in [-0.1, -0.05) is 0 Å². The van der Waals surface area contributed by atoms with Crippen LogP contribution >= 0.6 is 0 Å². The molecule has 0 aliphatic heterocycles. The van der Waals surface area contributed by atoms with Gasteiger partial charge in [-0.3, -0.25) is 4.79 Å². The molecule has 1 aromatic carbocycles. The number of nitrogen functional groups attached to an aromatic ring is 1. The van der Waals surface area contributed by atoms with Crippen molar-refractivity contribution in [2.24, 2.45) is 0 Å². The molecule has 0 spiro atoms. The smallest absolute Gasteiger partial charge is 0.242 e. The summed E-state index contributed by atoms with van der Waals surface area (Å²) in [5.41, 5.74) is 5.78. The van der Waals surface area contributed by atoms with E-state index >= 15 is 0 Å². The first-order chi connectivity index (χ1) is 9.40. The van der Waals surface area contributed by atoms with Crippen LogP contribution in [-0.2, 0) is 14.8 Å². The van der Waals surface area contributed by atoms with E-state index in [1.54, 1.807) is 6.92 Å². The Morgan fingerprint density at radius 2 is 2.10 bits per heavy atom. The summed E-state index contributed by atoms with van der Waals surface area (Å²) in [5.74, 6) is 0.265. The van der Waals surface area contributed by atoms with Crippen LogP contribution in [0.25, 0.3) is 0 Å². The summed E-state index contributed by atoms with van der Waals surface area (Å²) in [7, 11) is -2.27. The fraction of sp³-hybridized carbons (Fsp3) is 0.417. The van der Waals surface area contributed by atoms with Gasteiger partial charge in [-0.25, -0.2) is 13.1 Å². The van der Waals surface area contributed by atoms with Crippen LogP contribution in [0, 0.1) is 0 Å². The van der Waals surface area contributed by atoms with Gasteiger partial charge < -0.3 is 15.8 Å². The first-order valence-electron chi connectivity index (χ1n) is 6.10. The number of benzene rings is 1. The molecule has 0 aliphatic carbocycles. The predicted molar refractivity (Wildman–Crippen MR) is 75.9 cm³/mol. The van der Waals surface area contributed by atoms with Crippen molar-refractivity contribution in [1.29, 1.82) is 0 Å². The minimum Gasteiger partial charge on any atom is -0.497 e. The lowest BCUT2D eigenvalue weighted by atomic mass is 10.3. The number of amides is 1. The Morgan fingerprint density at radius 3 is 2.65 bits per heavy atom. The lowest BCUT2D eigenvalue weighted by molar-refractivity contribution is -0.120. The number of rotatable bonds is 7. The van der Waals surface area contributed by atoms with Crippen molar-refractivity contribution in [2.75, 3.05) is 25.9 Å². The van der Waals surface area contributed by atoms with E-state index in [1.165, 1.54) is 25.3 Å². The van der Waals surface area contributed by atoms with Gasteiger partial charge in [-0.05, 0) is 19.1 Å². The highest BCUT2D eigenvalue weighted by Crippen LogP contribution is 2.23. The van der Waals surface area contributed by atoms with Crippen molar-refractivity contribution in [1.82, 2.24) is 10.0 Å². The maximum Gasteiger partial charge on any atom is 0.242 e. The molecule has 4 N–H and O–H groups in total. The van der Waals surface area contributed by atoms with E-state index in [0.717, 1.165) is 0 Å². The summed E-state index contributed by atoms with van der Waals surface area (Å²) >= 11 is 0. The molecule has 0 atom stereocenters. The van der Waals surface area contributed by atoms with Gasteiger partial charge in [0.15, 0.2) is 0 Å². The van der Waals surface area contributed by atoms with Gasteiger partial charge in [0.1, 0.15) is 10.6 Å². The molecule has 0 unspecified atom stereocenters. The summed E-state index contributed by atoms with van der Waals surface area (Å²) in [6.07, 6.45) is 0.0725. The average molecular weight is 301 g/mol. The molecule has 0 fully saturated rings. The summed E-state index contributed by atoms with van der Waals surface area (Å²) < 4.78 is 31.3. The van der Waals surface area contributed by atoms with Crippen LogP contribution in [0.5, 0.6) is 5.75 Å². The monoisotopic (exact) mass is 301 g/mol. The van der Waals surface area contributed by atoms with Gasteiger partial charge in [-0.2, -0.15) is 0 Å². The molecule has 7 nitrogen and oxygen atoms in total. The van der Waals surface area contributed by atoms with Gasteiger partial charge in [0.05, 0.1) is 12.8 Å². The molecule has 0 saturated heterocycles. The second-order valence-corrected chi connectivity index (χ2v) is 5.74. The fourth-order valence-electron chi connectivity index (χ4n) is 1.56. The van der Waals surface area contributed by atoms with Gasteiger partial charge in [0.2, 0.25) is 15.9 Å². The molecule has 0 heterocycles. The number of carbonyl (C=O) groups excluding carboxylic acids is 1. The van der Waals surface area contributed by atoms with Gasteiger partial charge in [0.25, 0.3) is 0 Å². The number of hydrogen-bond acceptors (Lipinski definition) is 5. The minimum atomic E-state index is -3.74. The molecule has 8 heteroatoms. The Morgan fingerprint density at radius 1 is 1.40 bits per heavy atom. The lowest BCUT2D eigenvalue weighted by Crippen LogP contribution is -2.31. The van der Waals surface area contributed by atoms with E-state index in [2.05, 4.69) is 10.0 Å². The van der Waals surface area contributed by atoms with Gasteiger partial charge in [0, 0.05) is 25.6 Å². The Kier molecular flexibility index (Phi) is 5.78. The second-order valence-electron chi connectivity index (χ2n) is 4.01. The van der Waals surface area contributed by atoms with Crippen molar-refractivity contribution in [3.05, 3.63) is 18.2 Å². The van der Waals surface area contributed by atoms with E-state index in [-0.39, 0.29) is 29.5 Å². The van der Waals surface area contributed by atoms with Gasteiger partial charge >= 0.3 is 0 Å². The number of methoxy groups -OCH3 is 1. The quantitative estimate of drug-likeness (QED) is 0.618. The predicted octanol–water partition coefficient (Wildman–Crippen LogP) is 0.0819. The molecule has 112 valence electrons. The SMILES string of the molecule is CCNC(=O)CCNS(=O)(=O)c1ccc(OC)cc1N. The van der Waals surface area contributed by atoms with Crippen LogP contribution in [0.3, 0.4) is 0 Å². The van der Waals surface area contributed by atoms with Crippen molar-refractivity contribution in [3.63, 3.8) is 0 Å². The standard InChI is InChI=1S/C12H19N3O4S/c1-3-14-12(16)6-7-15-20(17,18)11-5-4-9(19-2)8-10(11)13/h4-5,8,15H,3,6-7,13H2,1-2H3,(H,14,16). The molecule has 20 heavy (non-hydrogen) atoms. The van der Waals surface area contributed by atoms with Crippen molar-refractivity contribution < 1.29 is 17.9 Å². The fourth-order valence-corrected chi connectivity index (χ4v) is 2.70. The highest BCUT2D eigenvalue weighted by Gasteiger charge is 2.17. The number of ether oxygens (including phenoxy) is 1. The first kappa shape index (κ1) is 16.3. The molecular weight excluding hydrogens is 282 g/mol. The van der Waals surface area contributed by atoms with Crippen LogP contribution in [0.2, 0.25) is 0 Å². The molecule has 1 aromatic rings. The van der Waals surface area contributed by atoms with Gasteiger partial charge in [-0.15, -0.1) is 0 Å². The highest BCUT2D eigenvalue weighted by molar-refractivity contribution is 7.89. The summed E-state index contributed by atoms with van der Waals surface area (Å²) in [5, 5.41) is 2.58. The second kappa shape index (κ2) is 7.11.